The maximum Gasteiger partial charge on any atom is 0.278 e. The fourth-order valence-corrected chi connectivity index (χ4v) is 5.52. The van der Waals surface area contributed by atoms with Gasteiger partial charge in [0.15, 0.2) is 0 Å². The molecule has 0 radical (unpaired) electrons. The van der Waals surface area contributed by atoms with Gasteiger partial charge in [-0.15, -0.1) is 5.10 Å². The van der Waals surface area contributed by atoms with Crippen LogP contribution in [-0.2, 0) is 11.3 Å². The first-order valence-electron chi connectivity index (χ1n) is 11.0. The minimum Gasteiger partial charge on any atom is -0.354 e. The van der Waals surface area contributed by atoms with Gasteiger partial charge in [0.05, 0.1) is 5.39 Å². The number of aromatic nitrogens is 3. The lowest BCUT2D eigenvalue weighted by Gasteiger charge is -2.45. The minimum atomic E-state index is -0.301. The van der Waals surface area contributed by atoms with Crippen molar-refractivity contribution in [3.05, 3.63) is 105 Å². The summed E-state index contributed by atoms with van der Waals surface area (Å²) in [5.74, 6) is 0.729. The molecule has 0 fully saturated rings. The van der Waals surface area contributed by atoms with E-state index in [1.165, 1.54) is 22.3 Å². The largest absolute Gasteiger partial charge is 0.354 e. The third-order valence-electron chi connectivity index (χ3n) is 6.91. The molecular weight excluding hydrogens is 400 g/mol. The summed E-state index contributed by atoms with van der Waals surface area (Å²) in [7, 11) is 0. The Morgan fingerprint density at radius 2 is 1.53 bits per heavy atom. The van der Waals surface area contributed by atoms with Gasteiger partial charge in [-0.2, -0.15) is 0 Å². The predicted octanol–water partition coefficient (Wildman–Crippen LogP) is 3.21. The standard InChI is InChI=1S/C26H22N4O2/c31-24(15-30-26(32)21-11-5-6-12-23(21)28-29-30)27-14-16-13-22-17-7-1-3-9-19(17)25(16)20-10-4-2-8-18(20)22/h1-12,16,22,25H,13-15H2,(H,27,31). The van der Waals surface area contributed by atoms with Crippen LogP contribution in [0.25, 0.3) is 10.9 Å². The van der Waals surface area contributed by atoms with Gasteiger partial charge < -0.3 is 5.32 Å². The normalized spacial score (nSPS) is 20.6. The number of nitrogens with one attached hydrogen (secondary N) is 1. The monoisotopic (exact) mass is 422 g/mol. The van der Waals surface area contributed by atoms with Crippen molar-refractivity contribution in [1.82, 2.24) is 20.3 Å². The molecule has 6 heteroatoms. The van der Waals surface area contributed by atoms with Gasteiger partial charge in [0.2, 0.25) is 5.91 Å². The van der Waals surface area contributed by atoms with Crippen LogP contribution in [0.1, 0.15) is 40.5 Å². The van der Waals surface area contributed by atoms with Crippen molar-refractivity contribution in [1.29, 1.82) is 0 Å². The quantitative estimate of drug-likeness (QED) is 0.548. The average Bonchev–Trinajstić information content (AvgIpc) is 2.85. The van der Waals surface area contributed by atoms with Crippen molar-refractivity contribution in [2.45, 2.75) is 24.8 Å². The van der Waals surface area contributed by atoms with Crippen molar-refractivity contribution < 1.29 is 4.79 Å². The van der Waals surface area contributed by atoms with Crippen LogP contribution in [0.4, 0.5) is 0 Å². The van der Waals surface area contributed by atoms with Crippen LogP contribution in [-0.4, -0.2) is 27.4 Å². The van der Waals surface area contributed by atoms with Crippen molar-refractivity contribution in [3.63, 3.8) is 0 Å². The molecule has 1 unspecified atom stereocenters. The zero-order valence-electron chi connectivity index (χ0n) is 17.4. The lowest BCUT2D eigenvalue weighted by Crippen LogP contribution is -2.41. The van der Waals surface area contributed by atoms with E-state index in [1.54, 1.807) is 18.2 Å². The molecule has 3 aliphatic carbocycles. The molecule has 7 rings (SSSR count). The fourth-order valence-electron chi connectivity index (χ4n) is 5.52. The topological polar surface area (TPSA) is 76.9 Å². The van der Waals surface area contributed by atoms with Crippen LogP contribution in [0.15, 0.2) is 77.6 Å². The lowest BCUT2D eigenvalue weighted by molar-refractivity contribution is -0.122. The summed E-state index contributed by atoms with van der Waals surface area (Å²) in [5, 5.41) is 11.5. The lowest BCUT2D eigenvalue weighted by atomic mass is 9.59. The number of carbonyl (C=O) groups excluding carboxylic acids is 1. The molecule has 1 N–H and O–H groups in total. The molecule has 3 aromatic carbocycles. The Labute approximate surface area is 184 Å². The smallest absolute Gasteiger partial charge is 0.278 e. The van der Waals surface area contributed by atoms with Crippen molar-refractivity contribution in [2.24, 2.45) is 5.92 Å². The molecule has 32 heavy (non-hydrogen) atoms. The van der Waals surface area contributed by atoms with Crippen LogP contribution < -0.4 is 10.9 Å². The molecule has 1 amide bonds. The Kier molecular flexibility index (Phi) is 4.38. The Hall–Kier alpha value is -3.80. The summed E-state index contributed by atoms with van der Waals surface area (Å²) >= 11 is 0. The Morgan fingerprint density at radius 1 is 0.906 bits per heavy atom. The van der Waals surface area contributed by atoms with Gasteiger partial charge in [0.25, 0.3) is 5.56 Å². The Balaban J connectivity index is 1.22. The molecule has 2 bridgehead atoms. The number of rotatable bonds is 4. The molecule has 6 nitrogen and oxygen atoms in total. The van der Waals surface area contributed by atoms with Crippen LogP contribution in [0.5, 0.6) is 0 Å². The summed E-state index contributed by atoms with van der Waals surface area (Å²) in [6, 6.07) is 24.4. The van der Waals surface area contributed by atoms with Crippen LogP contribution in [0, 0.1) is 5.92 Å². The molecule has 1 heterocycles. The SMILES string of the molecule is O=C(Cn1nnc2ccccc2c1=O)NCC1CC2c3ccccc3C1c1ccccc12. The van der Waals surface area contributed by atoms with Gasteiger partial charge in [-0.3, -0.25) is 9.59 Å². The van der Waals surface area contributed by atoms with E-state index in [2.05, 4.69) is 64.2 Å². The number of nitrogens with zero attached hydrogens (tertiary/aromatic N) is 3. The zero-order valence-corrected chi connectivity index (χ0v) is 17.4. The highest BCUT2D eigenvalue weighted by Crippen LogP contribution is 2.55. The van der Waals surface area contributed by atoms with Gasteiger partial charge in [-0.1, -0.05) is 65.9 Å². The number of hydrogen-bond donors (Lipinski definition) is 1. The minimum absolute atomic E-state index is 0.134. The van der Waals surface area contributed by atoms with Crippen molar-refractivity contribution >= 4 is 16.8 Å². The van der Waals surface area contributed by atoms with Gasteiger partial charge in [0, 0.05) is 18.4 Å². The first kappa shape index (κ1) is 18.9. The maximum absolute atomic E-state index is 12.7. The third kappa shape index (κ3) is 2.94. The number of hydrogen-bond acceptors (Lipinski definition) is 4. The number of amides is 1. The van der Waals surface area contributed by atoms with Crippen molar-refractivity contribution in [3.8, 4) is 0 Å². The molecule has 0 saturated carbocycles. The van der Waals surface area contributed by atoms with E-state index in [4.69, 9.17) is 0 Å². The van der Waals surface area contributed by atoms with E-state index in [1.807, 2.05) is 6.07 Å². The highest BCUT2D eigenvalue weighted by molar-refractivity contribution is 5.78. The van der Waals surface area contributed by atoms with Crippen molar-refractivity contribution in [2.75, 3.05) is 6.54 Å². The number of carbonyl (C=O) groups is 1. The summed E-state index contributed by atoms with van der Waals surface area (Å²) in [5.41, 5.74) is 5.81. The molecule has 0 spiro atoms. The van der Waals surface area contributed by atoms with E-state index >= 15 is 0 Å². The highest BCUT2D eigenvalue weighted by atomic mass is 16.2. The number of benzene rings is 3. The molecule has 0 saturated heterocycles. The summed E-state index contributed by atoms with van der Waals surface area (Å²) < 4.78 is 1.13. The predicted molar refractivity (Wildman–Crippen MR) is 121 cm³/mol. The van der Waals surface area contributed by atoms with Gasteiger partial charge in [-0.05, 0) is 46.7 Å². The molecular formula is C26H22N4O2. The van der Waals surface area contributed by atoms with Gasteiger partial charge in [-0.25, -0.2) is 4.68 Å². The average molecular weight is 422 g/mol. The Bertz CT molecular complexity index is 1360. The molecule has 0 aliphatic heterocycles. The third-order valence-corrected chi connectivity index (χ3v) is 6.91. The van der Waals surface area contributed by atoms with E-state index < -0.39 is 0 Å². The number of fused-ring (bicyclic) bond motifs is 2. The molecule has 1 aromatic heterocycles. The van der Waals surface area contributed by atoms with E-state index in [9.17, 15) is 9.59 Å². The maximum atomic E-state index is 12.7. The van der Waals surface area contributed by atoms with Crippen LogP contribution in [0.2, 0.25) is 0 Å². The van der Waals surface area contributed by atoms with E-state index in [0.29, 0.717) is 29.3 Å². The van der Waals surface area contributed by atoms with Gasteiger partial charge >= 0.3 is 0 Å². The summed E-state index contributed by atoms with van der Waals surface area (Å²) in [6.07, 6.45) is 1.01. The molecule has 3 aliphatic rings. The van der Waals surface area contributed by atoms with Crippen LogP contribution >= 0.6 is 0 Å². The Morgan fingerprint density at radius 3 is 2.25 bits per heavy atom. The van der Waals surface area contributed by atoms with Gasteiger partial charge in [0.1, 0.15) is 12.1 Å². The first-order chi connectivity index (χ1) is 15.7. The highest BCUT2D eigenvalue weighted by Gasteiger charge is 2.42. The molecule has 4 aromatic rings. The summed E-state index contributed by atoms with van der Waals surface area (Å²) in [4.78, 5) is 25.3. The summed E-state index contributed by atoms with van der Waals surface area (Å²) in [6.45, 7) is 0.434. The second kappa shape index (κ2) is 7.41. The van der Waals surface area contributed by atoms with Crippen LogP contribution in [0.3, 0.4) is 0 Å². The second-order valence-corrected chi connectivity index (χ2v) is 8.66. The second-order valence-electron chi connectivity index (χ2n) is 8.66. The fraction of sp³-hybridized carbons (Fsp3) is 0.231. The first-order valence-corrected chi connectivity index (χ1v) is 11.0. The van der Waals surface area contributed by atoms with E-state index in [-0.39, 0.29) is 23.9 Å². The van der Waals surface area contributed by atoms with E-state index in [0.717, 1.165) is 11.1 Å². The zero-order chi connectivity index (χ0) is 21.7. The molecule has 158 valence electrons. The molecule has 1 atom stereocenters.